The molecule has 1 fully saturated rings. The minimum atomic E-state index is -0.441. The van der Waals surface area contributed by atoms with Gasteiger partial charge >= 0.3 is 6.09 Å². The lowest BCUT2D eigenvalue weighted by Crippen LogP contribution is -2.46. The van der Waals surface area contributed by atoms with E-state index in [4.69, 9.17) is 4.74 Å². The van der Waals surface area contributed by atoms with Crippen LogP contribution in [0.5, 0.6) is 0 Å². The molecule has 0 aromatic heterocycles. The first-order chi connectivity index (χ1) is 8.29. The molecule has 1 heterocycles. The summed E-state index contributed by atoms with van der Waals surface area (Å²) in [7, 11) is 0. The van der Waals surface area contributed by atoms with Crippen molar-refractivity contribution in [3.63, 3.8) is 0 Å². The van der Waals surface area contributed by atoms with Gasteiger partial charge in [0.05, 0.1) is 6.10 Å². The maximum absolute atomic E-state index is 12.1. The van der Waals surface area contributed by atoms with Crippen LogP contribution in [0.1, 0.15) is 59.8 Å². The summed E-state index contributed by atoms with van der Waals surface area (Å²) in [5.74, 6) is 0. The smallest absolute Gasteiger partial charge is 0.410 e. The fourth-order valence-corrected chi connectivity index (χ4v) is 2.30. The van der Waals surface area contributed by atoms with Gasteiger partial charge in [0.15, 0.2) is 0 Å². The quantitative estimate of drug-likeness (QED) is 0.845. The molecule has 18 heavy (non-hydrogen) atoms. The molecule has 4 heteroatoms. The summed E-state index contributed by atoms with van der Waals surface area (Å²) in [6, 6.07) is 0.225. The highest BCUT2D eigenvalue weighted by atomic mass is 16.6. The normalized spacial score (nSPS) is 22.7. The molecule has 1 aliphatic rings. The Kier molecular flexibility index (Phi) is 5.45. The molecule has 106 valence electrons. The van der Waals surface area contributed by atoms with Gasteiger partial charge in [-0.15, -0.1) is 0 Å². The lowest BCUT2D eigenvalue weighted by Gasteiger charge is -2.37. The molecular formula is C14H27NO3. The first kappa shape index (κ1) is 15.3. The molecule has 0 saturated carbocycles. The molecule has 1 N–H and O–H groups in total. The highest BCUT2D eigenvalue weighted by molar-refractivity contribution is 5.68. The van der Waals surface area contributed by atoms with E-state index in [1.165, 1.54) is 0 Å². The zero-order valence-corrected chi connectivity index (χ0v) is 12.1. The van der Waals surface area contributed by atoms with Gasteiger partial charge in [0.25, 0.3) is 0 Å². The van der Waals surface area contributed by atoms with Crippen molar-refractivity contribution in [2.75, 3.05) is 6.54 Å². The molecular weight excluding hydrogens is 230 g/mol. The Labute approximate surface area is 110 Å². The van der Waals surface area contributed by atoms with Crippen LogP contribution >= 0.6 is 0 Å². The second-order valence-electron chi connectivity index (χ2n) is 6.25. The number of hydrogen-bond acceptors (Lipinski definition) is 3. The molecule has 1 aliphatic heterocycles. The average Bonchev–Trinajstić information content (AvgIpc) is 2.24. The van der Waals surface area contributed by atoms with Gasteiger partial charge in [0, 0.05) is 12.6 Å². The van der Waals surface area contributed by atoms with Crippen LogP contribution in [0.25, 0.3) is 0 Å². The number of amides is 1. The van der Waals surface area contributed by atoms with Gasteiger partial charge in [-0.3, -0.25) is 0 Å². The molecule has 1 rings (SSSR count). The highest BCUT2D eigenvalue weighted by Crippen LogP contribution is 2.23. The summed E-state index contributed by atoms with van der Waals surface area (Å²) in [5, 5.41) is 9.36. The largest absolute Gasteiger partial charge is 0.444 e. The Bertz CT molecular complexity index is 271. The van der Waals surface area contributed by atoms with Gasteiger partial charge in [-0.1, -0.05) is 0 Å². The lowest BCUT2D eigenvalue weighted by molar-refractivity contribution is 0.00712. The number of carbonyl (C=O) groups excluding carboxylic acids is 1. The van der Waals surface area contributed by atoms with Crippen LogP contribution in [0.15, 0.2) is 0 Å². The molecule has 1 unspecified atom stereocenters. The summed E-state index contributed by atoms with van der Waals surface area (Å²) < 4.78 is 5.44. The third-order valence-corrected chi connectivity index (χ3v) is 3.17. The first-order valence-corrected chi connectivity index (χ1v) is 6.97. The molecule has 4 nitrogen and oxygen atoms in total. The van der Waals surface area contributed by atoms with Crippen LogP contribution < -0.4 is 0 Å². The number of carbonyl (C=O) groups is 1. The third-order valence-electron chi connectivity index (χ3n) is 3.17. The lowest BCUT2D eigenvalue weighted by atomic mass is 9.97. The fraction of sp³-hybridized carbons (Fsp3) is 0.929. The number of ether oxygens (including phenoxy) is 1. The van der Waals surface area contributed by atoms with Crippen LogP contribution in [0.2, 0.25) is 0 Å². The maximum atomic E-state index is 12.1. The second-order valence-corrected chi connectivity index (χ2v) is 6.25. The molecule has 0 spiro atoms. The van der Waals surface area contributed by atoms with Crippen LogP contribution in [0.3, 0.4) is 0 Å². The summed E-state index contributed by atoms with van der Waals surface area (Å²) in [4.78, 5) is 14.0. The maximum Gasteiger partial charge on any atom is 0.410 e. The van der Waals surface area contributed by atoms with Crippen molar-refractivity contribution in [3.05, 3.63) is 0 Å². The Morgan fingerprint density at radius 3 is 2.67 bits per heavy atom. The fourth-order valence-electron chi connectivity index (χ4n) is 2.30. The molecule has 1 amide bonds. The predicted molar refractivity (Wildman–Crippen MR) is 71.5 cm³/mol. The second kappa shape index (κ2) is 6.41. The number of rotatable bonds is 3. The number of hydrogen-bond donors (Lipinski definition) is 1. The molecule has 2 atom stereocenters. The number of piperidine rings is 1. The van der Waals surface area contributed by atoms with E-state index in [2.05, 4.69) is 0 Å². The van der Waals surface area contributed by atoms with Crippen molar-refractivity contribution in [2.24, 2.45) is 0 Å². The predicted octanol–water partition coefficient (Wildman–Crippen LogP) is 2.94. The zero-order chi connectivity index (χ0) is 13.8. The van der Waals surface area contributed by atoms with E-state index < -0.39 is 5.60 Å². The minimum absolute atomic E-state index is 0.210. The molecule has 0 bridgehead atoms. The van der Waals surface area contributed by atoms with E-state index in [9.17, 15) is 9.90 Å². The topological polar surface area (TPSA) is 49.8 Å². The number of aliphatic hydroxyl groups is 1. The molecule has 0 radical (unpaired) electrons. The average molecular weight is 257 g/mol. The van der Waals surface area contributed by atoms with Crippen LogP contribution in [-0.2, 0) is 4.74 Å². The van der Waals surface area contributed by atoms with E-state index in [1.807, 2.05) is 25.7 Å². The summed E-state index contributed by atoms with van der Waals surface area (Å²) in [6.45, 7) is 8.24. The highest BCUT2D eigenvalue weighted by Gasteiger charge is 2.30. The first-order valence-electron chi connectivity index (χ1n) is 6.97. The Hall–Kier alpha value is -0.770. The van der Waals surface area contributed by atoms with Crippen LogP contribution in [0, 0.1) is 0 Å². The van der Waals surface area contributed by atoms with Gasteiger partial charge in [-0.05, 0) is 59.8 Å². The number of nitrogens with zero attached hydrogens (tertiary/aromatic N) is 1. The SMILES string of the molecule is C[C@H](O)CCC1CCCCN1C(=O)OC(C)(C)C. The molecule has 0 aromatic rings. The Morgan fingerprint density at radius 2 is 2.11 bits per heavy atom. The Morgan fingerprint density at radius 1 is 1.44 bits per heavy atom. The Balaban J connectivity index is 2.55. The van der Waals surface area contributed by atoms with Gasteiger partial charge < -0.3 is 14.7 Å². The van der Waals surface area contributed by atoms with Crippen molar-refractivity contribution >= 4 is 6.09 Å². The standard InChI is InChI=1S/C14H27NO3/c1-11(16)8-9-12-7-5-6-10-15(12)13(17)18-14(2,3)4/h11-12,16H,5-10H2,1-4H3/t11-,12?/m0/s1. The van der Waals surface area contributed by atoms with E-state index in [-0.39, 0.29) is 18.2 Å². The third kappa shape index (κ3) is 5.25. The van der Waals surface area contributed by atoms with Gasteiger partial charge in [-0.25, -0.2) is 4.79 Å². The summed E-state index contributed by atoms with van der Waals surface area (Å²) in [6.07, 6.45) is 4.31. The van der Waals surface area contributed by atoms with E-state index in [0.717, 1.165) is 38.6 Å². The number of likely N-dealkylation sites (tertiary alicyclic amines) is 1. The van der Waals surface area contributed by atoms with E-state index in [1.54, 1.807) is 6.92 Å². The molecule has 1 saturated heterocycles. The minimum Gasteiger partial charge on any atom is -0.444 e. The van der Waals surface area contributed by atoms with Crippen molar-refractivity contribution < 1.29 is 14.6 Å². The van der Waals surface area contributed by atoms with Crippen molar-refractivity contribution in [1.82, 2.24) is 4.90 Å². The molecule has 0 aliphatic carbocycles. The van der Waals surface area contributed by atoms with Crippen molar-refractivity contribution in [2.45, 2.75) is 77.5 Å². The van der Waals surface area contributed by atoms with Gasteiger partial charge in [0.1, 0.15) is 5.60 Å². The zero-order valence-electron chi connectivity index (χ0n) is 12.1. The van der Waals surface area contributed by atoms with Gasteiger partial charge in [0.2, 0.25) is 0 Å². The van der Waals surface area contributed by atoms with Crippen molar-refractivity contribution in [3.8, 4) is 0 Å². The van der Waals surface area contributed by atoms with E-state index in [0.29, 0.717) is 0 Å². The monoisotopic (exact) mass is 257 g/mol. The van der Waals surface area contributed by atoms with Crippen molar-refractivity contribution in [1.29, 1.82) is 0 Å². The molecule has 0 aromatic carbocycles. The van der Waals surface area contributed by atoms with Crippen LogP contribution in [-0.4, -0.2) is 40.4 Å². The van der Waals surface area contributed by atoms with Gasteiger partial charge in [-0.2, -0.15) is 0 Å². The summed E-state index contributed by atoms with van der Waals surface area (Å²) >= 11 is 0. The van der Waals surface area contributed by atoms with E-state index >= 15 is 0 Å². The summed E-state index contributed by atoms with van der Waals surface area (Å²) in [5.41, 5.74) is -0.441. The van der Waals surface area contributed by atoms with Crippen LogP contribution in [0.4, 0.5) is 4.79 Å². The number of aliphatic hydroxyl groups excluding tert-OH is 1.